The Morgan fingerprint density at radius 3 is 2.50 bits per heavy atom. The molecule has 3 aromatic rings. The quantitative estimate of drug-likeness (QED) is 0.496. The molecule has 1 N–H and O–H groups in total. The Balaban J connectivity index is 1.71. The van der Waals surface area contributed by atoms with Crippen molar-refractivity contribution >= 4 is 29.4 Å². The number of carbonyl (C=O) groups is 1. The number of nitrogens with zero attached hydrogens (tertiary/aromatic N) is 1. The summed E-state index contributed by atoms with van der Waals surface area (Å²) in [5.41, 5.74) is 1.72. The molecule has 2 aromatic carbocycles. The van der Waals surface area contributed by atoms with Crippen LogP contribution >= 0.6 is 11.8 Å². The van der Waals surface area contributed by atoms with E-state index in [1.54, 1.807) is 18.2 Å². The number of benzene rings is 2. The summed E-state index contributed by atoms with van der Waals surface area (Å²) < 4.78 is 5.69. The van der Waals surface area contributed by atoms with Crippen molar-refractivity contribution in [1.82, 2.24) is 0 Å². The van der Waals surface area contributed by atoms with Gasteiger partial charge in [-0.3, -0.25) is 4.79 Å². The van der Waals surface area contributed by atoms with E-state index in [0.717, 1.165) is 10.5 Å². The Bertz CT molecular complexity index is 967. The van der Waals surface area contributed by atoms with Gasteiger partial charge in [0.1, 0.15) is 17.4 Å². The summed E-state index contributed by atoms with van der Waals surface area (Å²) in [4.78, 5) is 13.3. The average Bonchev–Trinajstić information content (AvgIpc) is 3.09. The molecule has 5 heteroatoms. The van der Waals surface area contributed by atoms with Gasteiger partial charge in [0.25, 0.3) is 5.91 Å². The Morgan fingerprint density at radius 2 is 1.81 bits per heavy atom. The van der Waals surface area contributed by atoms with Crippen LogP contribution in [0, 0.1) is 18.3 Å². The molecule has 0 saturated heterocycles. The van der Waals surface area contributed by atoms with Crippen LogP contribution in [0.2, 0.25) is 0 Å². The van der Waals surface area contributed by atoms with Crippen molar-refractivity contribution in [2.24, 2.45) is 0 Å². The lowest BCUT2D eigenvalue weighted by Gasteiger charge is -2.04. The van der Waals surface area contributed by atoms with E-state index in [1.807, 2.05) is 61.5 Å². The number of furan rings is 1. The third kappa shape index (κ3) is 4.65. The van der Waals surface area contributed by atoms with Gasteiger partial charge in [-0.15, -0.1) is 0 Å². The van der Waals surface area contributed by atoms with Crippen molar-refractivity contribution in [3.05, 3.63) is 83.6 Å². The fourth-order valence-electron chi connectivity index (χ4n) is 2.20. The first kappa shape index (κ1) is 17.6. The predicted octanol–water partition coefficient (Wildman–Crippen LogP) is 5.28. The molecule has 0 aliphatic carbocycles. The zero-order valence-corrected chi connectivity index (χ0v) is 14.9. The van der Waals surface area contributed by atoms with E-state index >= 15 is 0 Å². The highest BCUT2D eigenvalue weighted by Crippen LogP contribution is 2.29. The molecule has 1 aromatic heterocycles. The van der Waals surface area contributed by atoms with E-state index in [2.05, 4.69) is 5.32 Å². The maximum absolute atomic E-state index is 12.3. The lowest BCUT2D eigenvalue weighted by molar-refractivity contribution is -0.112. The number of amides is 1. The van der Waals surface area contributed by atoms with Gasteiger partial charge in [-0.2, -0.15) is 5.26 Å². The molecule has 1 heterocycles. The summed E-state index contributed by atoms with van der Waals surface area (Å²) >= 11 is 1.48. The molecular weight excluding hydrogens is 344 g/mol. The lowest BCUT2D eigenvalue weighted by Crippen LogP contribution is -2.13. The molecule has 0 fully saturated rings. The van der Waals surface area contributed by atoms with Crippen molar-refractivity contribution in [1.29, 1.82) is 5.26 Å². The molecule has 0 atom stereocenters. The predicted molar refractivity (Wildman–Crippen MR) is 103 cm³/mol. The Kier molecular flexibility index (Phi) is 5.57. The van der Waals surface area contributed by atoms with E-state index in [9.17, 15) is 10.1 Å². The largest absolute Gasteiger partial charge is 0.450 e. The minimum absolute atomic E-state index is 0.0174. The van der Waals surface area contributed by atoms with Gasteiger partial charge in [0.15, 0.2) is 5.09 Å². The van der Waals surface area contributed by atoms with E-state index in [-0.39, 0.29) is 5.57 Å². The van der Waals surface area contributed by atoms with Crippen LogP contribution < -0.4 is 5.32 Å². The molecule has 4 nitrogen and oxygen atoms in total. The third-order valence-corrected chi connectivity index (χ3v) is 4.45. The van der Waals surface area contributed by atoms with Gasteiger partial charge in [0.2, 0.25) is 0 Å². The van der Waals surface area contributed by atoms with Crippen LogP contribution in [-0.2, 0) is 4.79 Å². The van der Waals surface area contributed by atoms with Crippen LogP contribution in [0.15, 0.2) is 86.7 Å². The van der Waals surface area contributed by atoms with Crippen LogP contribution in [0.4, 0.5) is 5.69 Å². The second-order valence-corrected chi connectivity index (χ2v) is 6.64. The van der Waals surface area contributed by atoms with Crippen LogP contribution in [0.5, 0.6) is 0 Å². The highest BCUT2D eigenvalue weighted by molar-refractivity contribution is 7.99. The third-order valence-electron chi connectivity index (χ3n) is 3.52. The first-order chi connectivity index (χ1) is 12.6. The highest BCUT2D eigenvalue weighted by atomic mass is 32.2. The number of aryl methyl sites for hydroxylation is 1. The average molecular weight is 360 g/mol. The number of rotatable bonds is 5. The summed E-state index contributed by atoms with van der Waals surface area (Å²) in [6.45, 7) is 1.97. The molecule has 1 amide bonds. The van der Waals surface area contributed by atoms with Gasteiger partial charge in [0, 0.05) is 16.7 Å². The number of nitriles is 1. The number of anilines is 1. The molecule has 26 heavy (non-hydrogen) atoms. The molecule has 128 valence electrons. The molecule has 0 bridgehead atoms. The van der Waals surface area contributed by atoms with Crippen LogP contribution in [0.3, 0.4) is 0 Å². The van der Waals surface area contributed by atoms with Gasteiger partial charge in [-0.05, 0) is 43.3 Å². The van der Waals surface area contributed by atoms with Crippen molar-refractivity contribution < 1.29 is 9.21 Å². The standard InChI is InChI=1S/C21H16N2O2S/c1-15-7-9-17(10-8-15)23-21(24)16(14-22)13-18-11-12-20(25-18)26-19-5-3-2-4-6-19/h2-13H,1H3,(H,23,24)/b16-13-. The molecule has 3 rings (SSSR count). The Morgan fingerprint density at radius 1 is 1.08 bits per heavy atom. The zero-order chi connectivity index (χ0) is 18.4. The normalized spacial score (nSPS) is 11.0. The number of nitrogens with one attached hydrogen (secondary N) is 1. The first-order valence-electron chi connectivity index (χ1n) is 7.96. The Labute approximate surface area is 156 Å². The molecule has 0 spiro atoms. The SMILES string of the molecule is Cc1ccc(NC(=O)/C(C#N)=C\c2ccc(Sc3ccccc3)o2)cc1. The maximum Gasteiger partial charge on any atom is 0.266 e. The van der Waals surface area contributed by atoms with E-state index in [0.29, 0.717) is 16.5 Å². The summed E-state index contributed by atoms with van der Waals surface area (Å²) in [6.07, 6.45) is 1.44. The molecule has 0 unspecified atom stereocenters. The van der Waals surface area contributed by atoms with Crippen molar-refractivity contribution in [3.63, 3.8) is 0 Å². The molecule has 0 saturated carbocycles. The summed E-state index contributed by atoms with van der Waals surface area (Å²) in [5.74, 6) is -0.0101. The second-order valence-electron chi connectivity index (χ2n) is 5.56. The first-order valence-corrected chi connectivity index (χ1v) is 8.78. The number of carbonyl (C=O) groups excluding carboxylic acids is 1. The molecular formula is C21H16N2O2S. The van der Waals surface area contributed by atoms with Crippen LogP contribution in [-0.4, -0.2) is 5.91 Å². The topological polar surface area (TPSA) is 66.0 Å². The Hall–Kier alpha value is -3.23. The fraction of sp³-hybridized carbons (Fsp3) is 0.0476. The monoisotopic (exact) mass is 360 g/mol. The summed E-state index contributed by atoms with van der Waals surface area (Å²) in [5, 5.41) is 12.7. The second kappa shape index (κ2) is 8.24. The lowest BCUT2D eigenvalue weighted by atomic mass is 10.2. The molecule has 0 aliphatic heterocycles. The smallest absolute Gasteiger partial charge is 0.266 e. The van der Waals surface area contributed by atoms with Crippen molar-refractivity contribution in [3.8, 4) is 6.07 Å². The van der Waals surface area contributed by atoms with Gasteiger partial charge in [-0.25, -0.2) is 0 Å². The van der Waals surface area contributed by atoms with Gasteiger partial charge < -0.3 is 9.73 Å². The van der Waals surface area contributed by atoms with E-state index in [4.69, 9.17) is 4.42 Å². The molecule has 0 aliphatic rings. The molecule has 0 radical (unpaired) electrons. The van der Waals surface area contributed by atoms with Crippen LogP contribution in [0.25, 0.3) is 6.08 Å². The maximum atomic E-state index is 12.3. The minimum atomic E-state index is -0.468. The van der Waals surface area contributed by atoms with E-state index < -0.39 is 5.91 Å². The summed E-state index contributed by atoms with van der Waals surface area (Å²) in [6, 6.07) is 22.7. The minimum Gasteiger partial charge on any atom is -0.450 e. The van der Waals surface area contributed by atoms with Crippen molar-refractivity contribution in [2.75, 3.05) is 5.32 Å². The summed E-state index contributed by atoms with van der Waals surface area (Å²) in [7, 11) is 0. The van der Waals surface area contributed by atoms with Gasteiger partial charge in [0.05, 0.1) is 0 Å². The highest BCUT2D eigenvalue weighted by Gasteiger charge is 2.11. The van der Waals surface area contributed by atoms with Gasteiger partial charge >= 0.3 is 0 Å². The van der Waals surface area contributed by atoms with Crippen molar-refractivity contribution in [2.45, 2.75) is 16.9 Å². The number of hydrogen-bond donors (Lipinski definition) is 1. The van der Waals surface area contributed by atoms with E-state index in [1.165, 1.54) is 17.8 Å². The number of hydrogen-bond acceptors (Lipinski definition) is 4. The fourth-order valence-corrected chi connectivity index (χ4v) is 3.00. The van der Waals surface area contributed by atoms with Gasteiger partial charge in [-0.1, -0.05) is 47.7 Å². The van der Waals surface area contributed by atoms with Crippen LogP contribution in [0.1, 0.15) is 11.3 Å². The zero-order valence-electron chi connectivity index (χ0n) is 14.1.